The number of amides is 2. The Morgan fingerprint density at radius 2 is 1.81 bits per heavy atom. The van der Waals surface area contributed by atoms with E-state index in [1.165, 1.54) is 11.3 Å². The maximum Gasteiger partial charge on any atom is 0.307 e. The number of fused-ring (bicyclic) bond motifs is 2. The molecule has 2 aliphatic carbocycles. The number of aliphatic carboxylic acids is 1. The van der Waals surface area contributed by atoms with Crippen molar-refractivity contribution in [1.82, 2.24) is 10.9 Å². The van der Waals surface area contributed by atoms with Crippen molar-refractivity contribution in [3.8, 4) is 0 Å². The fourth-order valence-electron chi connectivity index (χ4n) is 4.56. The highest BCUT2D eigenvalue weighted by Gasteiger charge is 2.57. The van der Waals surface area contributed by atoms with Gasteiger partial charge in [0.1, 0.15) is 0 Å². The third-order valence-electron chi connectivity index (χ3n) is 5.57. The van der Waals surface area contributed by atoms with E-state index in [0.29, 0.717) is 5.56 Å². The van der Waals surface area contributed by atoms with Crippen LogP contribution in [0.5, 0.6) is 0 Å². The van der Waals surface area contributed by atoms with Gasteiger partial charge in [0.2, 0.25) is 5.91 Å². The molecular formula is C19H24N2O4S. The highest BCUT2D eigenvalue weighted by molar-refractivity contribution is 7.10. The molecule has 3 rings (SSSR count). The first-order chi connectivity index (χ1) is 12.3. The molecule has 0 spiro atoms. The zero-order valence-corrected chi connectivity index (χ0v) is 16.0. The largest absolute Gasteiger partial charge is 0.481 e. The highest BCUT2D eigenvalue weighted by atomic mass is 32.1. The van der Waals surface area contributed by atoms with Crippen LogP contribution in [0.25, 0.3) is 0 Å². The topological polar surface area (TPSA) is 95.5 Å². The van der Waals surface area contributed by atoms with Crippen LogP contribution in [0, 0.1) is 23.7 Å². The number of carbonyl (C=O) groups is 3. The minimum absolute atomic E-state index is 0.0455. The lowest BCUT2D eigenvalue weighted by atomic mass is 9.79. The lowest BCUT2D eigenvalue weighted by Gasteiger charge is -2.26. The highest BCUT2D eigenvalue weighted by Crippen LogP contribution is 2.57. The number of hydrogen-bond acceptors (Lipinski definition) is 4. The van der Waals surface area contributed by atoms with Gasteiger partial charge in [0.15, 0.2) is 0 Å². The van der Waals surface area contributed by atoms with E-state index >= 15 is 0 Å². The zero-order valence-electron chi connectivity index (χ0n) is 15.2. The van der Waals surface area contributed by atoms with Crippen molar-refractivity contribution in [2.45, 2.75) is 40.0 Å². The maximum absolute atomic E-state index is 12.7. The minimum Gasteiger partial charge on any atom is -0.481 e. The van der Waals surface area contributed by atoms with Crippen molar-refractivity contribution in [2.75, 3.05) is 0 Å². The van der Waals surface area contributed by atoms with Crippen molar-refractivity contribution in [1.29, 1.82) is 0 Å². The summed E-state index contributed by atoms with van der Waals surface area (Å²) in [6.07, 6.45) is 2.49. The summed E-state index contributed by atoms with van der Waals surface area (Å²) in [6, 6.07) is 1.80. The minimum atomic E-state index is -0.937. The molecule has 2 aliphatic rings. The zero-order chi connectivity index (χ0) is 19.0. The van der Waals surface area contributed by atoms with Gasteiger partial charge in [-0.1, -0.05) is 18.1 Å². The van der Waals surface area contributed by atoms with Crippen LogP contribution in [0.4, 0.5) is 0 Å². The second kappa shape index (κ2) is 7.23. The average Bonchev–Trinajstić information content (AvgIpc) is 3.30. The Morgan fingerprint density at radius 1 is 1.15 bits per heavy atom. The molecule has 2 saturated carbocycles. The Balaban J connectivity index is 1.71. The molecule has 0 unspecified atom stereocenters. The molecule has 0 aliphatic heterocycles. The van der Waals surface area contributed by atoms with E-state index in [-0.39, 0.29) is 17.7 Å². The molecule has 2 bridgehead atoms. The predicted molar refractivity (Wildman–Crippen MR) is 98.5 cm³/mol. The van der Waals surface area contributed by atoms with E-state index in [9.17, 15) is 19.5 Å². The number of carbonyl (C=O) groups excluding carboxylic acids is 2. The van der Waals surface area contributed by atoms with E-state index in [4.69, 9.17) is 0 Å². The molecule has 0 saturated heterocycles. The summed E-state index contributed by atoms with van der Waals surface area (Å²) in [4.78, 5) is 37.8. The van der Waals surface area contributed by atoms with Gasteiger partial charge in [-0.2, -0.15) is 0 Å². The van der Waals surface area contributed by atoms with Crippen LogP contribution >= 0.6 is 11.3 Å². The summed E-state index contributed by atoms with van der Waals surface area (Å²) < 4.78 is 0. The van der Waals surface area contributed by atoms with Gasteiger partial charge < -0.3 is 5.11 Å². The van der Waals surface area contributed by atoms with Gasteiger partial charge in [-0.25, -0.2) is 0 Å². The van der Waals surface area contributed by atoms with E-state index in [2.05, 4.69) is 10.9 Å². The quantitative estimate of drug-likeness (QED) is 0.556. The summed E-state index contributed by atoms with van der Waals surface area (Å²) in [5.74, 6) is -3.20. The predicted octanol–water partition coefficient (Wildman–Crippen LogP) is 2.76. The van der Waals surface area contributed by atoms with Gasteiger partial charge >= 0.3 is 5.97 Å². The first-order valence-corrected chi connectivity index (χ1v) is 9.80. The van der Waals surface area contributed by atoms with Crippen LogP contribution in [0.1, 0.15) is 48.8 Å². The first-order valence-electron chi connectivity index (χ1n) is 8.92. The van der Waals surface area contributed by atoms with Crippen LogP contribution in [-0.2, 0) is 16.0 Å². The van der Waals surface area contributed by atoms with E-state index < -0.39 is 23.7 Å². The summed E-state index contributed by atoms with van der Waals surface area (Å²) >= 11 is 1.50. The number of aryl methyl sites for hydroxylation is 1. The lowest BCUT2D eigenvalue weighted by Crippen LogP contribution is -2.48. The van der Waals surface area contributed by atoms with Crippen molar-refractivity contribution in [3.63, 3.8) is 0 Å². The van der Waals surface area contributed by atoms with Crippen LogP contribution in [0.3, 0.4) is 0 Å². The molecular weight excluding hydrogens is 352 g/mol. The average molecular weight is 376 g/mol. The molecule has 2 fully saturated rings. The third kappa shape index (κ3) is 3.16. The molecule has 6 nitrogen and oxygen atoms in total. The Morgan fingerprint density at radius 3 is 2.35 bits per heavy atom. The monoisotopic (exact) mass is 376 g/mol. The van der Waals surface area contributed by atoms with Crippen LogP contribution in [0.2, 0.25) is 0 Å². The Bertz CT molecular complexity index is 778. The molecule has 2 amide bonds. The molecule has 0 aromatic carbocycles. The molecule has 26 heavy (non-hydrogen) atoms. The molecule has 4 atom stereocenters. The number of hydrogen-bond donors (Lipinski definition) is 3. The third-order valence-corrected chi connectivity index (χ3v) is 6.65. The van der Waals surface area contributed by atoms with Crippen molar-refractivity contribution >= 4 is 29.1 Å². The second-order valence-electron chi connectivity index (χ2n) is 7.23. The fourth-order valence-corrected chi connectivity index (χ4v) is 5.38. The summed E-state index contributed by atoms with van der Waals surface area (Å²) in [7, 11) is 0. The van der Waals surface area contributed by atoms with Crippen LogP contribution < -0.4 is 10.9 Å². The SMILES string of the molecule is CCc1cc(C(=O)NNC(=O)[C@@H]2[C@@H](C(=O)O)[C@H]3CC[C@H]2C3=C(C)C)cs1. The molecule has 1 heterocycles. The summed E-state index contributed by atoms with van der Waals surface area (Å²) in [5.41, 5.74) is 7.62. The number of allylic oxidation sites excluding steroid dienone is 2. The number of rotatable bonds is 4. The van der Waals surface area contributed by atoms with Gasteiger partial charge in [-0.05, 0) is 51.0 Å². The molecule has 0 radical (unpaired) electrons. The fraction of sp³-hybridized carbons (Fsp3) is 0.526. The second-order valence-corrected chi connectivity index (χ2v) is 8.23. The molecule has 7 heteroatoms. The van der Waals surface area contributed by atoms with Crippen LogP contribution in [-0.4, -0.2) is 22.9 Å². The van der Waals surface area contributed by atoms with Gasteiger partial charge in [0.05, 0.1) is 17.4 Å². The Hall–Kier alpha value is -2.15. The van der Waals surface area contributed by atoms with Gasteiger partial charge in [0.25, 0.3) is 5.91 Å². The standard InChI is InChI=1S/C19H24N2O4S/c1-4-11-7-10(8-26-11)17(22)20-21-18(23)15-12-5-6-13(14(12)9(2)3)16(15)19(24)25/h7-8,12-13,15-16H,4-6H2,1-3H3,(H,20,22)(H,21,23)(H,24,25)/t12-,13-,15-,16-/m0/s1. The Kier molecular flexibility index (Phi) is 5.18. The summed E-state index contributed by atoms with van der Waals surface area (Å²) in [5, 5.41) is 11.4. The van der Waals surface area contributed by atoms with Crippen molar-refractivity contribution in [2.24, 2.45) is 23.7 Å². The van der Waals surface area contributed by atoms with E-state index in [1.54, 1.807) is 11.4 Å². The number of carboxylic acids is 1. The number of nitrogens with one attached hydrogen (secondary N) is 2. The van der Waals surface area contributed by atoms with Crippen molar-refractivity contribution in [3.05, 3.63) is 33.0 Å². The Labute approximate surface area is 156 Å². The van der Waals surface area contributed by atoms with E-state index in [1.807, 2.05) is 20.8 Å². The van der Waals surface area contributed by atoms with E-state index in [0.717, 1.165) is 35.3 Å². The summed E-state index contributed by atoms with van der Waals surface area (Å²) in [6.45, 7) is 5.96. The number of thiophene rings is 1. The van der Waals surface area contributed by atoms with Gasteiger partial charge in [-0.3, -0.25) is 25.2 Å². The van der Waals surface area contributed by atoms with Crippen LogP contribution in [0.15, 0.2) is 22.6 Å². The normalized spacial score (nSPS) is 26.7. The smallest absolute Gasteiger partial charge is 0.307 e. The lowest BCUT2D eigenvalue weighted by molar-refractivity contribution is -0.149. The van der Waals surface area contributed by atoms with Crippen molar-refractivity contribution < 1.29 is 19.5 Å². The first kappa shape index (κ1) is 18.6. The molecule has 1 aromatic rings. The number of hydrazine groups is 1. The van der Waals surface area contributed by atoms with Gasteiger partial charge in [0, 0.05) is 10.3 Å². The molecule has 140 valence electrons. The molecule has 3 N–H and O–H groups in total. The number of carboxylic acid groups (broad SMARTS) is 1. The van der Waals surface area contributed by atoms with Gasteiger partial charge in [-0.15, -0.1) is 11.3 Å². The maximum atomic E-state index is 12.7. The molecule has 1 aromatic heterocycles.